The summed E-state index contributed by atoms with van der Waals surface area (Å²) in [4.78, 5) is 4.29. The second kappa shape index (κ2) is 4.68. The fourth-order valence-electron chi connectivity index (χ4n) is 1.79. The van der Waals surface area contributed by atoms with Crippen molar-refractivity contribution in [3.8, 4) is 5.69 Å². The van der Waals surface area contributed by atoms with Gasteiger partial charge in [0.1, 0.15) is 5.82 Å². The first-order valence-electron chi connectivity index (χ1n) is 5.28. The molecule has 0 saturated heterocycles. The Labute approximate surface area is 99.9 Å². The second-order valence-electron chi connectivity index (χ2n) is 3.52. The number of rotatable bonds is 3. The van der Waals surface area contributed by atoms with Gasteiger partial charge in [-0.25, -0.2) is 4.98 Å². The van der Waals surface area contributed by atoms with Crippen LogP contribution in [-0.4, -0.2) is 9.55 Å². The Balaban J connectivity index is 2.63. The van der Waals surface area contributed by atoms with Gasteiger partial charge in [0.25, 0.3) is 0 Å². The Kier molecular flexibility index (Phi) is 3.27. The van der Waals surface area contributed by atoms with Gasteiger partial charge < -0.3 is 10.3 Å². The highest BCUT2D eigenvalue weighted by atomic mass is 35.5. The number of halogens is 1. The quantitative estimate of drug-likeness (QED) is 0.889. The first kappa shape index (κ1) is 11.2. The van der Waals surface area contributed by atoms with E-state index in [1.54, 1.807) is 6.20 Å². The second-order valence-corrected chi connectivity index (χ2v) is 3.93. The number of hydrogen-bond donors (Lipinski definition) is 1. The van der Waals surface area contributed by atoms with Gasteiger partial charge >= 0.3 is 0 Å². The van der Waals surface area contributed by atoms with Crippen molar-refractivity contribution in [2.75, 3.05) is 0 Å². The minimum Gasteiger partial charge on any atom is -0.326 e. The summed E-state index contributed by atoms with van der Waals surface area (Å²) in [7, 11) is 0. The molecule has 4 heteroatoms. The fraction of sp³-hybridized carbons (Fsp3) is 0.250. The molecule has 0 aliphatic rings. The molecule has 0 bridgehead atoms. The minimum atomic E-state index is 0.469. The summed E-state index contributed by atoms with van der Waals surface area (Å²) in [5, 5.41) is 0.704. The maximum absolute atomic E-state index is 6.22. The predicted molar refractivity (Wildman–Crippen MR) is 65.8 cm³/mol. The zero-order valence-corrected chi connectivity index (χ0v) is 9.91. The molecule has 0 saturated carbocycles. The van der Waals surface area contributed by atoms with Crippen LogP contribution in [0, 0.1) is 0 Å². The van der Waals surface area contributed by atoms with Crippen LogP contribution in [0.15, 0.2) is 30.6 Å². The van der Waals surface area contributed by atoms with Crippen LogP contribution in [0.1, 0.15) is 18.3 Å². The van der Waals surface area contributed by atoms with Crippen LogP contribution < -0.4 is 5.73 Å². The monoisotopic (exact) mass is 235 g/mol. The van der Waals surface area contributed by atoms with Gasteiger partial charge in [-0.05, 0) is 11.6 Å². The van der Waals surface area contributed by atoms with E-state index in [1.807, 2.05) is 29.0 Å². The van der Waals surface area contributed by atoms with E-state index in [9.17, 15) is 0 Å². The van der Waals surface area contributed by atoms with Crippen LogP contribution in [-0.2, 0) is 13.0 Å². The molecule has 2 rings (SSSR count). The van der Waals surface area contributed by atoms with Gasteiger partial charge in [0.05, 0.1) is 10.7 Å². The largest absolute Gasteiger partial charge is 0.326 e. The molecule has 84 valence electrons. The van der Waals surface area contributed by atoms with Crippen molar-refractivity contribution < 1.29 is 0 Å². The molecule has 0 atom stereocenters. The van der Waals surface area contributed by atoms with Gasteiger partial charge in [-0.3, -0.25) is 0 Å². The number of nitrogens with two attached hydrogens (primary N) is 1. The van der Waals surface area contributed by atoms with Gasteiger partial charge in [-0.2, -0.15) is 0 Å². The van der Waals surface area contributed by atoms with E-state index in [0.29, 0.717) is 11.6 Å². The average Bonchev–Trinajstić information content (AvgIpc) is 2.76. The molecule has 0 fully saturated rings. The minimum absolute atomic E-state index is 0.469. The third-order valence-corrected chi connectivity index (χ3v) is 2.87. The van der Waals surface area contributed by atoms with E-state index < -0.39 is 0 Å². The van der Waals surface area contributed by atoms with Crippen molar-refractivity contribution >= 4 is 11.6 Å². The van der Waals surface area contributed by atoms with Crippen LogP contribution in [0.3, 0.4) is 0 Å². The van der Waals surface area contributed by atoms with Crippen molar-refractivity contribution in [1.29, 1.82) is 0 Å². The maximum Gasteiger partial charge on any atom is 0.112 e. The highest BCUT2D eigenvalue weighted by molar-refractivity contribution is 6.32. The lowest BCUT2D eigenvalue weighted by Gasteiger charge is -2.13. The van der Waals surface area contributed by atoms with E-state index >= 15 is 0 Å². The topological polar surface area (TPSA) is 43.8 Å². The van der Waals surface area contributed by atoms with E-state index in [0.717, 1.165) is 23.5 Å². The van der Waals surface area contributed by atoms with Crippen molar-refractivity contribution in [2.45, 2.75) is 19.9 Å². The highest BCUT2D eigenvalue weighted by Crippen LogP contribution is 2.25. The molecule has 1 aromatic heterocycles. The number of aromatic nitrogens is 2. The number of imidazole rings is 1. The summed E-state index contributed by atoms with van der Waals surface area (Å²) in [5.74, 6) is 0.989. The first-order valence-corrected chi connectivity index (χ1v) is 5.65. The van der Waals surface area contributed by atoms with E-state index in [2.05, 4.69) is 11.9 Å². The standard InChI is InChI=1S/C12H14ClN3/c1-2-11-15-6-7-16(11)12-9(8-14)4-3-5-10(12)13/h3-7H,2,8,14H2,1H3. The van der Waals surface area contributed by atoms with Gasteiger partial charge in [-0.15, -0.1) is 0 Å². The van der Waals surface area contributed by atoms with Gasteiger partial charge in [-0.1, -0.05) is 30.7 Å². The summed E-state index contributed by atoms with van der Waals surface area (Å²) in [5.41, 5.74) is 7.70. The molecule has 0 radical (unpaired) electrons. The summed E-state index contributed by atoms with van der Waals surface area (Å²) in [6.45, 7) is 2.54. The van der Waals surface area contributed by atoms with E-state index in [-0.39, 0.29) is 0 Å². The van der Waals surface area contributed by atoms with Crippen LogP contribution in [0.4, 0.5) is 0 Å². The zero-order chi connectivity index (χ0) is 11.5. The molecule has 0 amide bonds. The van der Waals surface area contributed by atoms with Gasteiger partial charge in [0.15, 0.2) is 0 Å². The molecular formula is C12H14ClN3. The fourth-order valence-corrected chi connectivity index (χ4v) is 2.08. The van der Waals surface area contributed by atoms with Crippen LogP contribution in [0.5, 0.6) is 0 Å². The lowest BCUT2D eigenvalue weighted by molar-refractivity contribution is 0.875. The van der Waals surface area contributed by atoms with Gasteiger partial charge in [0.2, 0.25) is 0 Å². The first-order chi connectivity index (χ1) is 7.77. The molecular weight excluding hydrogens is 222 g/mol. The van der Waals surface area contributed by atoms with Crippen LogP contribution >= 0.6 is 11.6 Å². The molecule has 3 nitrogen and oxygen atoms in total. The maximum atomic E-state index is 6.22. The zero-order valence-electron chi connectivity index (χ0n) is 9.15. The van der Waals surface area contributed by atoms with Crippen molar-refractivity contribution in [3.05, 3.63) is 47.0 Å². The summed E-state index contributed by atoms with van der Waals surface area (Å²) in [6, 6.07) is 5.77. The lowest BCUT2D eigenvalue weighted by Crippen LogP contribution is -2.07. The molecule has 16 heavy (non-hydrogen) atoms. The third-order valence-electron chi connectivity index (χ3n) is 2.56. The molecule has 0 unspecified atom stereocenters. The highest BCUT2D eigenvalue weighted by Gasteiger charge is 2.10. The van der Waals surface area contributed by atoms with E-state index in [4.69, 9.17) is 17.3 Å². The number of aryl methyl sites for hydroxylation is 1. The Morgan fingerprint density at radius 3 is 2.94 bits per heavy atom. The Morgan fingerprint density at radius 1 is 1.44 bits per heavy atom. The molecule has 1 aromatic carbocycles. The predicted octanol–water partition coefficient (Wildman–Crippen LogP) is 2.55. The van der Waals surface area contributed by atoms with Crippen LogP contribution in [0.2, 0.25) is 5.02 Å². The number of hydrogen-bond acceptors (Lipinski definition) is 2. The Morgan fingerprint density at radius 2 is 2.25 bits per heavy atom. The SMILES string of the molecule is CCc1nccn1-c1c(Cl)cccc1CN. The van der Waals surface area contributed by atoms with Crippen LogP contribution in [0.25, 0.3) is 5.69 Å². The lowest BCUT2D eigenvalue weighted by atomic mass is 10.1. The van der Waals surface area contributed by atoms with Gasteiger partial charge in [0, 0.05) is 25.4 Å². The van der Waals surface area contributed by atoms with Crippen molar-refractivity contribution in [1.82, 2.24) is 9.55 Å². The normalized spacial score (nSPS) is 10.7. The Bertz CT molecular complexity index is 491. The molecule has 1 heterocycles. The number of para-hydroxylation sites is 1. The van der Waals surface area contributed by atoms with E-state index in [1.165, 1.54) is 0 Å². The van der Waals surface area contributed by atoms with Crippen molar-refractivity contribution in [3.63, 3.8) is 0 Å². The number of benzene rings is 1. The molecule has 0 aliphatic carbocycles. The summed E-state index contributed by atoms with van der Waals surface area (Å²) < 4.78 is 2.00. The smallest absolute Gasteiger partial charge is 0.112 e. The number of nitrogens with zero attached hydrogens (tertiary/aromatic N) is 2. The summed E-state index contributed by atoms with van der Waals surface area (Å²) >= 11 is 6.22. The Hall–Kier alpha value is -1.32. The average molecular weight is 236 g/mol. The molecule has 2 N–H and O–H groups in total. The molecule has 0 spiro atoms. The summed E-state index contributed by atoms with van der Waals surface area (Å²) in [6.07, 6.45) is 4.56. The third kappa shape index (κ3) is 1.84. The van der Waals surface area contributed by atoms with Crippen molar-refractivity contribution in [2.24, 2.45) is 5.73 Å². The molecule has 2 aromatic rings. The molecule has 0 aliphatic heterocycles.